The lowest BCUT2D eigenvalue weighted by atomic mass is 10.0. The van der Waals surface area contributed by atoms with E-state index in [-0.39, 0.29) is 0 Å². The Bertz CT molecular complexity index is 2600. The lowest BCUT2D eigenvalue weighted by Crippen LogP contribution is -1.94. The van der Waals surface area contributed by atoms with Crippen molar-refractivity contribution >= 4 is 65.9 Å². The Morgan fingerprint density at radius 2 is 0.933 bits per heavy atom. The van der Waals surface area contributed by atoms with E-state index in [1.54, 1.807) is 0 Å². The first-order valence-corrected chi connectivity index (χ1v) is 15.0. The average Bonchev–Trinajstić information content (AvgIpc) is 3.77. The van der Waals surface area contributed by atoms with E-state index in [0.29, 0.717) is 0 Å². The van der Waals surface area contributed by atoms with Crippen LogP contribution >= 0.6 is 0 Å². The predicted molar refractivity (Wildman–Crippen MR) is 182 cm³/mol. The highest BCUT2D eigenvalue weighted by atomic mass is 16.3. The third-order valence-corrected chi connectivity index (χ3v) is 8.92. The van der Waals surface area contributed by atoms with Gasteiger partial charge in [0.05, 0.1) is 11.0 Å². The van der Waals surface area contributed by atoms with Gasteiger partial charge in [0, 0.05) is 50.8 Å². The maximum Gasteiger partial charge on any atom is 0.161 e. The number of hydrogen-bond donors (Lipinski definition) is 0. The van der Waals surface area contributed by atoms with Crippen LogP contribution in [0.15, 0.2) is 149 Å². The van der Waals surface area contributed by atoms with Crippen LogP contribution in [-0.4, -0.2) is 14.5 Å². The van der Waals surface area contributed by atoms with Gasteiger partial charge >= 0.3 is 0 Å². The van der Waals surface area contributed by atoms with E-state index in [4.69, 9.17) is 8.83 Å². The van der Waals surface area contributed by atoms with E-state index in [0.717, 1.165) is 83.1 Å². The highest BCUT2D eigenvalue weighted by Gasteiger charge is 2.19. The zero-order valence-electron chi connectivity index (χ0n) is 23.9. The Balaban J connectivity index is 1.24. The van der Waals surface area contributed by atoms with E-state index >= 15 is 0 Å². The molecule has 0 N–H and O–H groups in total. The van der Waals surface area contributed by atoms with Crippen molar-refractivity contribution in [2.45, 2.75) is 0 Å². The number of rotatable bonds is 3. The first-order valence-electron chi connectivity index (χ1n) is 15.0. The second-order valence-corrected chi connectivity index (χ2v) is 11.4. The van der Waals surface area contributed by atoms with E-state index in [2.05, 4.69) is 93.4 Å². The molecule has 0 fully saturated rings. The topological polar surface area (TPSA) is 57.0 Å². The van der Waals surface area contributed by atoms with Gasteiger partial charge in [0.1, 0.15) is 22.2 Å². The van der Waals surface area contributed by atoms with Gasteiger partial charge in [-0.2, -0.15) is 0 Å². The molecule has 210 valence electrons. The van der Waals surface area contributed by atoms with Gasteiger partial charge in [-0.3, -0.25) is 9.97 Å². The Morgan fingerprint density at radius 3 is 1.47 bits per heavy atom. The summed E-state index contributed by atoms with van der Waals surface area (Å²) in [5.74, 6) is 0. The lowest BCUT2D eigenvalue weighted by molar-refractivity contribution is 0.669. The molecule has 5 heteroatoms. The SMILES string of the molecule is c1ccc(-n2c3cc(-c4ccnc5c4oc4ccccc45)ccc3c3ccc(-c4ccnc5c4oc4ccccc45)cc32)cc1. The quantitative estimate of drug-likeness (QED) is 0.210. The molecule has 5 aromatic heterocycles. The Kier molecular flexibility index (Phi) is 4.93. The predicted octanol–water partition coefficient (Wildman–Crippen LogP) is 10.7. The summed E-state index contributed by atoms with van der Waals surface area (Å²) in [7, 11) is 0. The minimum atomic E-state index is 0.801. The zero-order chi connectivity index (χ0) is 29.5. The Labute approximate surface area is 256 Å². The molecule has 0 amide bonds. The van der Waals surface area contributed by atoms with Gasteiger partial charge in [-0.25, -0.2) is 0 Å². The number of hydrogen-bond acceptors (Lipinski definition) is 4. The van der Waals surface area contributed by atoms with E-state index in [1.807, 2.05) is 60.9 Å². The Hall–Kier alpha value is -6.20. The van der Waals surface area contributed by atoms with E-state index in [9.17, 15) is 0 Å². The number of nitrogens with zero attached hydrogens (tertiary/aromatic N) is 3. The van der Waals surface area contributed by atoms with Crippen molar-refractivity contribution < 1.29 is 8.83 Å². The number of benzene rings is 5. The fraction of sp³-hybridized carbons (Fsp3) is 0. The number of aromatic nitrogens is 3. The van der Waals surface area contributed by atoms with Crippen LogP contribution in [0.25, 0.3) is 93.9 Å². The number of fused-ring (bicyclic) bond motifs is 9. The summed E-state index contributed by atoms with van der Waals surface area (Å²) in [6, 6.07) is 44.2. The molecule has 0 saturated carbocycles. The largest absolute Gasteiger partial charge is 0.454 e. The van der Waals surface area contributed by atoms with Crippen molar-refractivity contribution in [3.05, 3.63) is 140 Å². The summed E-state index contributed by atoms with van der Waals surface area (Å²) in [6.07, 6.45) is 3.74. The van der Waals surface area contributed by atoms with Crippen LogP contribution in [-0.2, 0) is 0 Å². The van der Waals surface area contributed by atoms with Crippen molar-refractivity contribution in [1.29, 1.82) is 0 Å². The summed E-state index contributed by atoms with van der Waals surface area (Å²) in [6.45, 7) is 0. The van der Waals surface area contributed by atoms with Crippen LogP contribution < -0.4 is 0 Å². The molecule has 0 atom stereocenters. The van der Waals surface area contributed by atoms with Gasteiger partial charge < -0.3 is 13.4 Å². The van der Waals surface area contributed by atoms with Crippen molar-refractivity contribution in [2.75, 3.05) is 0 Å². The molecule has 0 aliphatic heterocycles. The van der Waals surface area contributed by atoms with Gasteiger partial charge in [0.15, 0.2) is 11.2 Å². The molecule has 5 nitrogen and oxygen atoms in total. The van der Waals surface area contributed by atoms with Crippen molar-refractivity contribution in [3.8, 4) is 27.9 Å². The molecule has 0 unspecified atom stereocenters. The summed E-state index contributed by atoms with van der Waals surface area (Å²) < 4.78 is 15.1. The fourth-order valence-corrected chi connectivity index (χ4v) is 6.87. The van der Waals surface area contributed by atoms with Gasteiger partial charge in [0.2, 0.25) is 0 Å². The molecule has 0 radical (unpaired) electrons. The van der Waals surface area contributed by atoms with E-state index < -0.39 is 0 Å². The lowest BCUT2D eigenvalue weighted by Gasteiger charge is -2.10. The van der Waals surface area contributed by atoms with Crippen LogP contribution in [0.3, 0.4) is 0 Å². The summed E-state index contributed by atoms with van der Waals surface area (Å²) >= 11 is 0. The number of pyridine rings is 2. The molecule has 5 heterocycles. The molecule has 45 heavy (non-hydrogen) atoms. The maximum atomic E-state index is 6.36. The minimum absolute atomic E-state index is 0.801. The molecular weight excluding hydrogens is 554 g/mol. The number of para-hydroxylation sites is 3. The van der Waals surface area contributed by atoms with Crippen LogP contribution in [0, 0.1) is 0 Å². The maximum absolute atomic E-state index is 6.36. The molecule has 0 aliphatic rings. The van der Waals surface area contributed by atoms with Crippen LogP contribution in [0.5, 0.6) is 0 Å². The van der Waals surface area contributed by atoms with Gasteiger partial charge in [-0.15, -0.1) is 0 Å². The molecule has 10 rings (SSSR count). The molecule has 0 aliphatic carbocycles. The zero-order valence-corrected chi connectivity index (χ0v) is 23.9. The van der Waals surface area contributed by atoms with Crippen LogP contribution in [0.2, 0.25) is 0 Å². The smallest absolute Gasteiger partial charge is 0.161 e. The standard InChI is InChI=1S/C40H23N3O2/c1-2-8-26(9-3-1)43-33-22-24(27-18-20-41-37-31-10-4-6-12-35(31)44-39(27)37)14-16-29(33)30-17-15-25(23-34(30)43)28-19-21-42-38-32-11-5-7-13-36(32)45-40(28)38/h1-23H. The number of furan rings is 2. The molecule has 0 saturated heterocycles. The molecule has 10 aromatic rings. The molecule has 0 spiro atoms. The fourth-order valence-electron chi connectivity index (χ4n) is 6.87. The molecule has 0 bridgehead atoms. The highest BCUT2D eigenvalue weighted by molar-refractivity contribution is 6.14. The second-order valence-electron chi connectivity index (χ2n) is 11.4. The second kappa shape index (κ2) is 9.15. The first-order chi connectivity index (χ1) is 22.3. The highest BCUT2D eigenvalue weighted by Crippen LogP contribution is 2.41. The van der Waals surface area contributed by atoms with Crippen LogP contribution in [0.4, 0.5) is 0 Å². The van der Waals surface area contributed by atoms with Crippen molar-refractivity contribution in [1.82, 2.24) is 14.5 Å². The molecule has 5 aromatic carbocycles. The van der Waals surface area contributed by atoms with Crippen molar-refractivity contribution in [2.24, 2.45) is 0 Å². The van der Waals surface area contributed by atoms with E-state index in [1.165, 1.54) is 10.8 Å². The first kappa shape index (κ1) is 24.3. The third-order valence-electron chi connectivity index (χ3n) is 8.92. The summed E-state index contributed by atoms with van der Waals surface area (Å²) in [5, 5.41) is 4.41. The normalized spacial score (nSPS) is 12.0. The van der Waals surface area contributed by atoms with Crippen molar-refractivity contribution in [3.63, 3.8) is 0 Å². The monoisotopic (exact) mass is 577 g/mol. The minimum Gasteiger partial charge on any atom is -0.454 e. The van der Waals surface area contributed by atoms with Crippen LogP contribution in [0.1, 0.15) is 0 Å². The average molecular weight is 578 g/mol. The summed E-state index contributed by atoms with van der Waals surface area (Å²) in [5.41, 5.74) is 12.6. The van der Waals surface area contributed by atoms with Gasteiger partial charge in [-0.1, -0.05) is 66.7 Å². The third kappa shape index (κ3) is 3.49. The van der Waals surface area contributed by atoms with Gasteiger partial charge in [-0.05, 0) is 71.8 Å². The summed E-state index contributed by atoms with van der Waals surface area (Å²) in [4.78, 5) is 9.36. The molecular formula is C40H23N3O2. The Morgan fingerprint density at radius 1 is 0.444 bits per heavy atom. The van der Waals surface area contributed by atoms with Gasteiger partial charge in [0.25, 0.3) is 0 Å².